The summed E-state index contributed by atoms with van der Waals surface area (Å²) in [5.74, 6) is 2.73. The standard InChI is InChI=1S/C9H7NOS/c11-7-5-10-8-3-1-2-4-9(8)12-6-7/h1-4,10H,5H2. The number of fused-ring (bicyclic) bond motifs is 1. The van der Waals surface area contributed by atoms with Crippen molar-refractivity contribution < 1.29 is 4.79 Å². The molecule has 60 valence electrons. The van der Waals surface area contributed by atoms with Crippen molar-refractivity contribution in [2.45, 2.75) is 4.90 Å². The second-order valence-corrected chi connectivity index (χ2v) is 3.33. The van der Waals surface area contributed by atoms with E-state index >= 15 is 0 Å². The molecule has 1 aromatic rings. The average molecular weight is 177 g/mol. The third-order valence-corrected chi connectivity index (χ3v) is 2.51. The number of carbonyl (C=O) groups excluding carboxylic acids is 1. The molecule has 1 aliphatic rings. The molecule has 0 fully saturated rings. The molecule has 2 nitrogen and oxygen atoms in total. The lowest BCUT2D eigenvalue weighted by Gasteiger charge is -2.03. The van der Waals surface area contributed by atoms with Crippen LogP contribution in [0.25, 0.3) is 0 Å². The predicted molar refractivity (Wildman–Crippen MR) is 49.0 cm³/mol. The Labute approximate surface area is 75.4 Å². The van der Waals surface area contributed by atoms with Crippen LogP contribution in [-0.4, -0.2) is 12.3 Å². The van der Waals surface area contributed by atoms with Gasteiger partial charge in [-0.1, -0.05) is 12.1 Å². The van der Waals surface area contributed by atoms with Crippen LogP contribution in [0.4, 0.5) is 5.69 Å². The Balaban J connectivity index is 2.32. The topological polar surface area (TPSA) is 29.1 Å². The van der Waals surface area contributed by atoms with E-state index in [2.05, 4.69) is 11.1 Å². The van der Waals surface area contributed by atoms with E-state index in [1.165, 1.54) is 11.8 Å². The van der Waals surface area contributed by atoms with Gasteiger partial charge < -0.3 is 5.32 Å². The van der Waals surface area contributed by atoms with Crippen molar-refractivity contribution in [3.8, 4) is 0 Å². The van der Waals surface area contributed by atoms with Crippen molar-refractivity contribution in [1.82, 2.24) is 0 Å². The van der Waals surface area contributed by atoms with E-state index < -0.39 is 0 Å². The summed E-state index contributed by atoms with van der Waals surface area (Å²) in [7, 11) is 0. The summed E-state index contributed by atoms with van der Waals surface area (Å²) < 4.78 is 0. The number of thioether (sulfide) groups is 1. The molecule has 2 radical (unpaired) electrons. The summed E-state index contributed by atoms with van der Waals surface area (Å²) >= 11 is 1.36. The minimum atomic E-state index is 0.0104. The Morgan fingerprint density at radius 2 is 2.25 bits per heavy atom. The maximum Gasteiger partial charge on any atom is 0.172 e. The van der Waals surface area contributed by atoms with Crippen molar-refractivity contribution in [3.05, 3.63) is 30.0 Å². The Hall–Kier alpha value is -0.960. The second kappa shape index (κ2) is 3.19. The average Bonchev–Trinajstić information content (AvgIpc) is 2.29. The number of ketones is 1. The molecule has 1 N–H and O–H groups in total. The summed E-state index contributed by atoms with van der Waals surface area (Å²) in [6, 6.07) is 7.83. The first-order chi connectivity index (χ1) is 5.86. The van der Waals surface area contributed by atoms with Gasteiger partial charge in [-0.25, -0.2) is 0 Å². The van der Waals surface area contributed by atoms with Crippen LogP contribution < -0.4 is 5.32 Å². The number of para-hydroxylation sites is 1. The minimum Gasteiger partial charge on any atom is -0.377 e. The largest absolute Gasteiger partial charge is 0.377 e. The molecule has 0 saturated heterocycles. The molecule has 0 aromatic heterocycles. The molecular weight excluding hydrogens is 170 g/mol. The molecule has 0 atom stereocenters. The van der Waals surface area contributed by atoms with Crippen molar-refractivity contribution >= 4 is 23.2 Å². The van der Waals surface area contributed by atoms with Crippen LogP contribution in [0.15, 0.2) is 29.2 Å². The van der Waals surface area contributed by atoms with Gasteiger partial charge in [0.15, 0.2) is 5.78 Å². The second-order valence-electron chi connectivity index (χ2n) is 2.48. The quantitative estimate of drug-likeness (QED) is 0.655. The van der Waals surface area contributed by atoms with Crippen molar-refractivity contribution in [2.75, 3.05) is 11.9 Å². The van der Waals surface area contributed by atoms with Crippen LogP contribution >= 0.6 is 11.8 Å². The van der Waals surface area contributed by atoms with Crippen LogP contribution in [0.1, 0.15) is 0 Å². The molecule has 3 heteroatoms. The van der Waals surface area contributed by atoms with Gasteiger partial charge in [0, 0.05) is 10.6 Å². The molecule has 0 aliphatic carbocycles. The lowest BCUT2D eigenvalue weighted by molar-refractivity contribution is -0.113. The van der Waals surface area contributed by atoms with Crippen molar-refractivity contribution in [3.63, 3.8) is 0 Å². The zero-order valence-electron chi connectivity index (χ0n) is 6.33. The molecule has 1 heterocycles. The molecule has 0 bridgehead atoms. The molecule has 0 amide bonds. The highest BCUT2D eigenvalue weighted by molar-refractivity contribution is 8.02. The number of carbonyl (C=O) groups is 1. The maximum atomic E-state index is 11.0. The minimum absolute atomic E-state index is 0.0104. The van der Waals surface area contributed by atoms with Crippen LogP contribution in [0, 0.1) is 5.75 Å². The van der Waals surface area contributed by atoms with E-state index in [0.29, 0.717) is 6.54 Å². The number of benzene rings is 1. The fraction of sp³-hybridized carbons (Fsp3) is 0.111. The van der Waals surface area contributed by atoms with Gasteiger partial charge in [0.1, 0.15) is 5.75 Å². The number of nitrogens with one attached hydrogen (secondary N) is 1. The summed E-state index contributed by atoms with van der Waals surface area (Å²) in [6.45, 7) is 0.351. The first kappa shape index (κ1) is 7.68. The summed E-state index contributed by atoms with van der Waals surface area (Å²) in [5, 5.41) is 3.04. The molecule has 1 aliphatic heterocycles. The molecular formula is C9H7NOS. The van der Waals surface area contributed by atoms with Crippen LogP contribution in [0.5, 0.6) is 0 Å². The van der Waals surface area contributed by atoms with E-state index in [0.717, 1.165) is 10.6 Å². The van der Waals surface area contributed by atoms with Crippen LogP contribution in [-0.2, 0) is 4.79 Å². The fourth-order valence-electron chi connectivity index (χ4n) is 1.03. The first-order valence-corrected chi connectivity index (χ1v) is 4.46. The van der Waals surface area contributed by atoms with E-state index in [1.54, 1.807) is 0 Å². The molecule has 0 saturated carbocycles. The van der Waals surface area contributed by atoms with Gasteiger partial charge in [-0.05, 0) is 12.1 Å². The number of Topliss-reactive ketones (excluding diaryl/α,β-unsaturated/α-hetero) is 1. The molecule has 1 aromatic carbocycles. The van der Waals surface area contributed by atoms with Crippen molar-refractivity contribution in [1.29, 1.82) is 0 Å². The van der Waals surface area contributed by atoms with Gasteiger partial charge in [0.25, 0.3) is 0 Å². The third-order valence-electron chi connectivity index (χ3n) is 1.60. The number of hydrogen-bond donors (Lipinski definition) is 1. The van der Waals surface area contributed by atoms with Crippen LogP contribution in [0.2, 0.25) is 0 Å². The highest BCUT2D eigenvalue weighted by Gasteiger charge is 2.12. The van der Waals surface area contributed by atoms with Gasteiger partial charge in [-0.15, -0.1) is 11.8 Å². The SMILES string of the molecule is O=C1[C]Sc2ccccc2NC1. The summed E-state index contributed by atoms with van der Waals surface area (Å²) in [6.07, 6.45) is 0. The van der Waals surface area contributed by atoms with Gasteiger partial charge in [0.2, 0.25) is 0 Å². The van der Waals surface area contributed by atoms with Gasteiger partial charge in [-0.3, -0.25) is 4.79 Å². The highest BCUT2D eigenvalue weighted by Crippen LogP contribution is 2.30. The normalized spacial score (nSPS) is 16.2. The molecule has 12 heavy (non-hydrogen) atoms. The Morgan fingerprint density at radius 1 is 1.42 bits per heavy atom. The molecule has 2 rings (SSSR count). The van der Waals surface area contributed by atoms with E-state index in [-0.39, 0.29) is 5.78 Å². The van der Waals surface area contributed by atoms with E-state index in [9.17, 15) is 4.79 Å². The smallest absolute Gasteiger partial charge is 0.172 e. The lowest BCUT2D eigenvalue weighted by atomic mass is 10.3. The first-order valence-electron chi connectivity index (χ1n) is 3.65. The Morgan fingerprint density at radius 3 is 3.17 bits per heavy atom. The summed E-state index contributed by atoms with van der Waals surface area (Å²) in [5.41, 5.74) is 1.01. The number of anilines is 1. The Kier molecular flexibility index (Phi) is 2.04. The van der Waals surface area contributed by atoms with E-state index in [1.807, 2.05) is 24.3 Å². The third kappa shape index (κ3) is 1.46. The van der Waals surface area contributed by atoms with E-state index in [4.69, 9.17) is 0 Å². The predicted octanol–water partition coefficient (Wildman–Crippen LogP) is 1.81. The molecule has 0 unspecified atom stereocenters. The highest BCUT2D eigenvalue weighted by atomic mass is 32.2. The zero-order valence-corrected chi connectivity index (χ0v) is 7.15. The summed E-state index contributed by atoms with van der Waals surface area (Å²) in [4.78, 5) is 12.0. The monoisotopic (exact) mass is 177 g/mol. The molecule has 0 spiro atoms. The van der Waals surface area contributed by atoms with Crippen molar-refractivity contribution in [2.24, 2.45) is 0 Å². The lowest BCUT2D eigenvalue weighted by Crippen LogP contribution is -2.10. The van der Waals surface area contributed by atoms with Gasteiger partial charge >= 0.3 is 0 Å². The van der Waals surface area contributed by atoms with Crippen LogP contribution in [0.3, 0.4) is 0 Å². The van der Waals surface area contributed by atoms with Gasteiger partial charge in [-0.2, -0.15) is 0 Å². The number of hydrogen-bond acceptors (Lipinski definition) is 3. The maximum absolute atomic E-state index is 11.0. The zero-order chi connectivity index (χ0) is 8.39. The fourth-order valence-corrected chi connectivity index (χ4v) is 1.72. The number of rotatable bonds is 0. The Bertz CT molecular complexity index is 282. The van der Waals surface area contributed by atoms with Gasteiger partial charge in [0.05, 0.1) is 6.54 Å².